The number of rotatable bonds is 2. The van der Waals surface area contributed by atoms with Gasteiger partial charge in [0.2, 0.25) is 0 Å². The van der Waals surface area contributed by atoms with Gasteiger partial charge in [-0.3, -0.25) is 0 Å². The second kappa shape index (κ2) is 2.85. The molecule has 1 aromatic heterocycles. The first-order valence-corrected chi connectivity index (χ1v) is 5.49. The number of nitrogens with zero attached hydrogens (tertiary/aromatic N) is 1. The maximum atomic E-state index is 6.12. The molecule has 0 atom stereocenters. The zero-order valence-corrected chi connectivity index (χ0v) is 9.63. The minimum atomic E-state index is -0.0112. The van der Waals surface area contributed by atoms with Gasteiger partial charge in [-0.25, -0.2) is 0 Å². The summed E-state index contributed by atoms with van der Waals surface area (Å²) in [6.45, 7) is 4.34. The summed E-state index contributed by atoms with van der Waals surface area (Å²) in [5, 5.41) is 0. The van der Waals surface area contributed by atoms with Crippen molar-refractivity contribution in [3.63, 3.8) is 0 Å². The van der Waals surface area contributed by atoms with Crippen LogP contribution < -0.4 is 5.73 Å². The van der Waals surface area contributed by atoms with E-state index in [1.165, 1.54) is 5.56 Å². The van der Waals surface area contributed by atoms with E-state index in [9.17, 15) is 0 Å². The summed E-state index contributed by atoms with van der Waals surface area (Å²) in [4.78, 5) is 0. The molecule has 0 saturated heterocycles. The van der Waals surface area contributed by atoms with Crippen LogP contribution in [0.15, 0.2) is 16.9 Å². The van der Waals surface area contributed by atoms with E-state index in [1.807, 2.05) is 0 Å². The third-order valence-corrected chi connectivity index (χ3v) is 3.36. The number of nitrogens with two attached hydrogens (primary N) is 1. The van der Waals surface area contributed by atoms with Crippen LogP contribution in [0, 0.1) is 0 Å². The number of aromatic nitrogens is 1. The van der Waals surface area contributed by atoms with Crippen LogP contribution in [0.2, 0.25) is 0 Å². The van der Waals surface area contributed by atoms with Crippen LogP contribution in [-0.4, -0.2) is 4.57 Å². The Morgan fingerprint density at radius 3 is 2.54 bits per heavy atom. The summed E-state index contributed by atoms with van der Waals surface area (Å²) in [6, 6.07) is 2.64. The first-order chi connectivity index (χ1) is 6.03. The Labute approximate surface area is 87.2 Å². The van der Waals surface area contributed by atoms with Gasteiger partial charge in [-0.05, 0) is 54.2 Å². The molecule has 2 N–H and O–H groups in total. The van der Waals surface area contributed by atoms with Crippen LogP contribution in [0.25, 0.3) is 0 Å². The van der Waals surface area contributed by atoms with E-state index >= 15 is 0 Å². The molecule has 0 bridgehead atoms. The zero-order chi connectivity index (χ0) is 9.64. The van der Waals surface area contributed by atoms with Crippen molar-refractivity contribution in [1.29, 1.82) is 0 Å². The molecule has 0 unspecified atom stereocenters. The van der Waals surface area contributed by atoms with E-state index in [0.29, 0.717) is 6.04 Å². The van der Waals surface area contributed by atoms with Crippen molar-refractivity contribution in [2.24, 2.45) is 5.73 Å². The highest BCUT2D eigenvalue weighted by Crippen LogP contribution is 2.44. The van der Waals surface area contributed by atoms with Gasteiger partial charge >= 0.3 is 0 Å². The first-order valence-electron chi connectivity index (χ1n) is 4.70. The lowest BCUT2D eigenvalue weighted by molar-refractivity contribution is 0.588. The predicted octanol–water partition coefficient (Wildman–Crippen LogP) is 2.78. The van der Waals surface area contributed by atoms with Crippen LogP contribution in [0.3, 0.4) is 0 Å². The van der Waals surface area contributed by atoms with Gasteiger partial charge in [0.25, 0.3) is 0 Å². The molecule has 2 rings (SSSR count). The molecule has 13 heavy (non-hydrogen) atoms. The van der Waals surface area contributed by atoms with Gasteiger partial charge in [-0.15, -0.1) is 0 Å². The molecule has 0 spiro atoms. The molecule has 3 heteroatoms. The standard InChI is InChI=1S/C10H15BrN2/c1-7(2)13-6-8(5-9(13)11)10(12)3-4-10/h5-7H,3-4,12H2,1-2H3. The number of hydrogen-bond donors (Lipinski definition) is 1. The normalized spacial score (nSPS) is 19.5. The second-order valence-electron chi connectivity index (χ2n) is 4.21. The second-order valence-corrected chi connectivity index (χ2v) is 5.02. The first kappa shape index (κ1) is 9.28. The van der Waals surface area contributed by atoms with Crippen LogP contribution in [0.5, 0.6) is 0 Å². The molecule has 0 amide bonds. The lowest BCUT2D eigenvalue weighted by atomic mass is 10.1. The van der Waals surface area contributed by atoms with Crippen molar-refractivity contribution in [3.8, 4) is 0 Å². The van der Waals surface area contributed by atoms with Crippen molar-refractivity contribution < 1.29 is 0 Å². The van der Waals surface area contributed by atoms with Gasteiger partial charge < -0.3 is 10.3 Å². The van der Waals surface area contributed by atoms with Crippen LogP contribution in [-0.2, 0) is 5.54 Å². The van der Waals surface area contributed by atoms with E-state index in [1.54, 1.807) is 0 Å². The fourth-order valence-corrected chi connectivity index (χ4v) is 2.30. The highest BCUT2D eigenvalue weighted by Gasteiger charge is 2.41. The van der Waals surface area contributed by atoms with Crippen molar-refractivity contribution in [2.75, 3.05) is 0 Å². The van der Waals surface area contributed by atoms with Crippen LogP contribution in [0.1, 0.15) is 38.3 Å². The summed E-state index contributed by atoms with van der Waals surface area (Å²) in [5.74, 6) is 0. The summed E-state index contributed by atoms with van der Waals surface area (Å²) >= 11 is 3.55. The molecule has 1 saturated carbocycles. The van der Waals surface area contributed by atoms with Crippen molar-refractivity contribution in [3.05, 3.63) is 22.4 Å². The Morgan fingerprint density at radius 1 is 1.54 bits per heavy atom. The summed E-state index contributed by atoms with van der Waals surface area (Å²) in [6.07, 6.45) is 4.42. The minimum Gasteiger partial charge on any atom is -0.339 e. The average Bonchev–Trinajstić information content (AvgIpc) is 2.63. The Hall–Kier alpha value is -0.280. The number of halogens is 1. The monoisotopic (exact) mass is 242 g/mol. The molecule has 1 aliphatic carbocycles. The Kier molecular flexibility index (Phi) is 2.04. The quantitative estimate of drug-likeness (QED) is 0.850. The van der Waals surface area contributed by atoms with E-state index in [2.05, 4.69) is 46.6 Å². The maximum Gasteiger partial charge on any atom is 0.0852 e. The lowest BCUT2D eigenvalue weighted by Crippen LogP contribution is -2.17. The molecule has 0 aliphatic heterocycles. The highest BCUT2D eigenvalue weighted by atomic mass is 79.9. The topological polar surface area (TPSA) is 30.9 Å². The van der Waals surface area contributed by atoms with Crippen molar-refractivity contribution in [2.45, 2.75) is 38.3 Å². The molecule has 72 valence electrons. The maximum absolute atomic E-state index is 6.12. The Morgan fingerprint density at radius 2 is 2.15 bits per heavy atom. The predicted molar refractivity (Wildman–Crippen MR) is 57.6 cm³/mol. The molecule has 0 aromatic carbocycles. The zero-order valence-electron chi connectivity index (χ0n) is 8.05. The van der Waals surface area contributed by atoms with Crippen LogP contribution >= 0.6 is 15.9 Å². The Balaban J connectivity index is 2.35. The van der Waals surface area contributed by atoms with Crippen molar-refractivity contribution >= 4 is 15.9 Å². The van der Waals surface area contributed by atoms with Crippen LogP contribution in [0.4, 0.5) is 0 Å². The van der Waals surface area contributed by atoms with Gasteiger partial charge in [0.15, 0.2) is 0 Å². The summed E-state index contributed by atoms with van der Waals surface area (Å²) < 4.78 is 3.34. The van der Waals surface area contributed by atoms with Gasteiger partial charge in [-0.2, -0.15) is 0 Å². The SMILES string of the molecule is CC(C)n1cc(C2(N)CC2)cc1Br. The molecule has 1 fully saturated rings. The Bertz CT molecular complexity index is 324. The van der Waals surface area contributed by atoms with Gasteiger partial charge in [0, 0.05) is 17.8 Å². The molecular formula is C10H15BrN2. The lowest BCUT2D eigenvalue weighted by Gasteiger charge is -2.09. The fourth-order valence-electron chi connectivity index (χ4n) is 1.54. The smallest absolute Gasteiger partial charge is 0.0852 e. The summed E-state index contributed by atoms with van der Waals surface area (Å²) in [7, 11) is 0. The molecule has 1 aromatic rings. The molecule has 2 nitrogen and oxygen atoms in total. The van der Waals surface area contributed by atoms with E-state index in [-0.39, 0.29) is 5.54 Å². The number of hydrogen-bond acceptors (Lipinski definition) is 1. The van der Waals surface area contributed by atoms with Gasteiger partial charge in [0.1, 0.15) is 0 Å². The highest BCUT2D eigenvalue weighted by molar-refractivity contribution is 9.10. The van der Waals surface area contributed by atoms with Crippen molar-refractivity contribution in [1.82, 2.24) is 4.57 Å². The van der Waals surface area contributed by atoms with E-state index in [0.717, 1.165) is 17.4 Å². The summed E-state index contributed by atoms with van der Waals surface area (Å²) in [5.41, 5.74) is 7.38. The average molecular weight is 243 g/mol. The molecule has 0 radical (unpaired) electrons. The molecule has 1 aliphatic rings. The van der Waals surface area contributed by atoms with E-state index in [4.69, 9.17) is 5.73 Å². The third kappa shape index (κ3) is 1.55. The fraction of sp³-hybridized carbons (Fsp3) is 0.600. The van der Waals surface area contributed by atoms with E-state index < -0.39 is 0 Å². The minimum absolute atomic E-state index is 0.0112. The van der Waals surface area contributed by atoms with Gasteiger partial charge in [0.05, 0.1) is 4.60 Å². The van der Waals surface area contributed by atoms with Gasteiger partial charge in [-0.1, -0.05) is 0 Å². The largest absolute Gasteiger partial charge is 0.339 e. The third-order valence-electron chi connectivity index (χ3n) is 2.72. The molecule has 1 heterocycles. The molecular weight excluding hydrogens is 228 g/mol.